The SMILES string of the molecule is Cc1nnc2sc(CNS(=O)(=O)c3ccc4c(c3)CCCC4)nn12. The zero-order valence-corrected chi connectivity index (χ0v) is 14.8. The van der Waals surface area contributed by atoms with E-state index < -0.39 is 10.0 Å². The number of hydrogen-bond acceptors (Lipinski definition) is 6. The molecule has 24 heavy (non-hydrogen) atoms. The van der Waals surface area contributed by atoms with E-state index in [1.54, 1.807) is 23.6 Å². The van der Waals surface area contributed by atoms with Crippen molar-refractivity contribution in [3.63, 3.8) is 0 Å². The summed E-state index contributed by atoms with van der Waals surface area (Å²) in [5.74, 6) is 0.685. The second kappa shape index (κ2) is 5.91. The molecule has 9 heteroatoms. The highest BCUT2D eigenvalue weighted by Crippen LogP contribution is 2.24. The predicted molar refractivity (Wildman–Crippen MR) is 90.5 cm³/mol. The molecule has 126 valence electrons. The van der Waals surface area contributed by atoms with Crippen molar-refractivity contribution in [3.8, 4) is 0 Å². The largest absolute Gasteiger partial charge is 0.240 e. The summed E-state index contributed by atoms with van der Waals surface area (Å²) in [5, 5.41) is 12.9. The van der Waals surface area contributed by atoms with Crippen molar-refractivity contribution in [2.24, 2.45) is 0 Å². The number of benzene rings is 1. The Kier molecular flexibility index (Phi) is 3.86. The fraction of sp³-hybridized carbons (Fsp3) is 0.400. The number of aromatic nitrogens is 4. The molecule has 1 aliphatic rings. The van der Waals surface area contributed by atoms with Crippen molar-refractivity contribution < 1.29 is 8.42 Å². The van der Waals surface area contributed by atoms with Crippen molar-refractivity contribution in [1.29, 1.82) is 0 Å². The highest BCUT2D eigenvalue weighted by atomic mass is 32.2. The van der Waals surface area contributed by atoms with Gasteiger partial charge in [-0.3, -0.25) is 0 Å². The monoisotopic (exact) mass is 363 g/mol. The Labute approximate surface area is 143 Å². The summed E-state index contributed by atoms with van der Waals surface area (Å²) in [6, 6.07) is 5.43. The third kappa shape index (κ3) is 2.83. The first-order valence-electron chi connectivity index (χ1n) is 7.82. The Bertz CT molecular complexity index is 1010. The number of sulfonamides is 1. The third-order valence-electron chi connectivity index (χ3n) is 4.23. The fourth-order valence-electron chi connectivity index (χ4n) is 2.94. The van der Waals surface area contributed by atoms with E-state index in [-0.39, 0.29) is 6.54 Å². The molecule has 0 atom stereocenters. The molecule has 1 aromatic carbocycles. The summed E-state index contributed by atoms with van der Waals surface area (Å²) in [6.45, 7) is 1.95. The van der Waals surface area contributed by atoms with Crippen molar-refractivity contribution in [2.45, 2.75) is 44.0 Å². The first-order chi connectivity index (χ1) is 11.5. The standard InChI is InChI=1S/C15H17N5O2S2/c1-10-17-18-15-20(10)19-14(23-15)9-16-24(21,22)13-7-6-11-4-2-3-5-12(11)8-13/h6-8,16H,2-5,9H2,1H3. The zero-order chi connectivity index (χ0) is 16.7. The molecular formula is C15H17N5O2S2. The number of nitrogens with zero attached hydrogens (tertiary/aromatic N) is 4. The fourth-order valence-corrected chi connectivity index (χ4v) is 4.89. The third-order valence-corrected chi connectivity index (χ3v) is 6.53. The molecule has 1 aliphatic carbocycles. The van der Waals surface area contributed by atoms with Crippen molar-refractivity contribution >= 4 is 26.3 Å². The van der Waals surface area contributed by atoms with Crippen LogP contribution < -0.4 is 4.72 Å². The molecule has 0 saturated carbocycles. The van der Waals surface area contributed by atoms with E-state index in [1.165, 1.54) is 23.3 Å². The molecule has 0 saturated heterocycles. The normalized spacial score (nSPS) is 14.9. The van der Waals surface area contributed by atoms with Gasteiger partial charge in [-0.05, 0) is 55.9 Å². The van der Waals surface area contributed by atoms with Crippen molar-refractivity contribution in [2.75, 3.05) is 0 Å². The smallest absolute Gasteiger partial charge is 0.207 e. The average Bonchev–Trinajstić information content (AvgIpc) is 3.14. The number of rotatable bonds is 4. The highest BCUT2D eigenvalue weighted by molar-refractivity contribution is 7.89. The molecule has 3 aromatic rings. The lowest BCUT2D eigenvalue weighted by atomic mass is 9.92. The molecule has 0 amide bonds. The van der Waals surface area contributed by atoms with Gasteiger partial charge in [0, 0.05) is 0 Å². The number of fused-ring (bicyclic) bond motifs is 2. The summed E-state index contributed by atoms with van der Waals surface area (Å²) in [7, 11) is -3.55. The molecule has 0 spiro atoms. The maximum absolute atomic E-state index is 12.5. The molecule has 2 heterocycles. The molecule has 0 aliphatic heterocycles. The summed E-state index contributed by atoms with van der Waals surface area (Å²) in [4.78, 5) is 0.984. The van der Waals surface area contributed by atoms with Gasteiger partial charge < -0.3 is 0 Å². The van der Waals surface area contributed by atoms with Crippen molar-refractivity contribution in [3.05, 3.63) is 40.2 Å². The van der Waals surface area contributed by atoms with Gasteiger partial charge in [0.1, 0.15) is 5.01 Å². The quantitative estimate of drug-likeness (QED) is 0.764. The summed E-state index contributed by atoms with van der Waals surface area (Å²) >= 11 is 1.33. The van der Waals surface area contributed by atoms with Crippen LogP contribution in [0.5, 0.6) is 0 Å². The average molecular weight is 363 g/mol. The van der Waals surface area contributed by atoms with Crippen LogP contribution >= 0.6 is 11.3 Å². The van der Waals surface area contributed by atoms with Gasteiger partial charge in [-0.1, -0.05) is 17.4 Å². The Hall–Kier alpha value is -1.84. The molecule has 2 aromatic heterocycles. The number of hydrogen-bond donors (Lipinski definition) is 1. The second-order valence-corrected chi connectivity index (χ2v) is 8.71. The van der Waals surface area contributed by atoms with Crippen LogP contribution in [-0.4, -0.2) is 28.2 Å². The molecule has 0 radical (unpaired) electrons. The lowest BCUT2D eigenvalue weighted by Gasteiger charge is -2.16. The topological polar surface area (TPSA) is 89.2 Å². The van der Waals surface area contributed by atoms with Crippen LogP contribution in [0.2, 0.25) is 0 Å². The first-order valence-corrected chi connectivity index (χ1v) is 10.1. The molecule has 1 N–H and O–H groups in total. The van der Waals surface area contributed by atoms with E-state index in [0.717, 1.165) is 24.8 Å². The number of nitrogens with one attached hydrogen (secondary N) is 1. The van der Waals surface area contributed by atoms with E-state index in [9.17, 15) is 8.42 Å². The number of aryl methyl sites for hydroxylation is 3. The first kappa shape index (κ1) is 15.7. The van der Waals surface area contributed by atoms with Crippen molar-refractivity contribution in [1.82, 2.24) is 24.5 Å². The molecule has 0 bridgehead atoms. The Morgan fingerprint density at radius 1 is 1.21 bits per heavy atom. The molecular weight excluding hydrogens is 346 g/mol. The Balaban J connectivity index is 1.54. The lowest BCUT2D eigenvalue weighted by molar-refractivity contribution is 0.580. The minimum absolute atomic E-state index is 0.146. The highest BCUT2D eigenvalue weighted by Gasteiger charge is 2.18. The van der Waals surface area contributed by atoms with Crippen LogP contribution in [0.3, 0.4) is 0 Å². The van der Waals surface area contributed by atoms with Gasteiger partial charge in [0.2, 0.25) is 15.0 Å². The van der Waals surface area contributed by atoms with E-state index in [2.05, 4.69) is 20.0 Å². The Morgan fingerprint density at radius 3 is 2.79 bits per heavy atom. The maximum atomic E-state index is 12.5. The molecule has 4 rings (SSSR count). The van der Waals surface area contributed by atoms with Gasteiger partial charge in [0.25, 0.3) is 0 Å². The molecule has 0 unspecified atom stereocenters. The van der Waals surface area contributed by atoms with E-state index >= 15 is 0 Å². The Morgan fingerprint density at radius 2 is 2.00 bits per heavy atom. The minimum Gasteiger partial charge on any atom is -0.207 e. The predicted octanol–water partition coefficient (Wildman–Crippen LogP) is 1.85. The van der Waals surface area contributed by atoms with Crippen LogP contribution in [0.25, 0.3) is 4.96 Å². The summed E-state index contributed by atoms with van der Waals surface area (Å²) in [5.41, 5.74) is 2.42. The molecule has 0 fully saturated rings. The van der Waals surface area contributed by atoms with Gasteiger partial charge in [0.15, 0.2) is 5.82 Å². The van der Waals surface area contributed by atoms with Gasteiger partial charge in [-0.25, -0.2) is 13.1 Å². The van der Waals surface area contributed by atoms with Crippen LogP contribution in [0, 0.1) is 6.92 Å². The van der Waals surface area contributed by atoms with Crippen LogP contribution in [0.4, 0.5) is 0 Å². The van der Waals surface area contributed by atoms with E-state index in [4.69, 9.17) is 0 Å². The van der Waals surface area contributed by atoms with Gasteiger partial charge >= 0.3 is 0 Å². The zero-order valence-electron chi connectivity index (χ0n) is 13.2. The maximum Gasteiger partial charge on any atom is 0.240 e. The van der Waals surface area contributed by atoms with Crippen LogP contribution in [0.15, 0.2) is 23.1 Å². The van der Waals surface area contributed by atoms with Crippen LogP contribution in [0.1, 0.15) is 34.8 Å². The summed E-state index contributed by atoms with van der Waals surface area (Å²) in [6.07, 6.45) is 4.29. The lowest BCUT2D eigenvalue weighted by Crippen LogP contribution is -2.23. The minimum atomic E-state index is -3.55. The van der Waals surface area contributed by atoms with E-state index in [0.29, 0.717) is 20.7 Å². The van der Waals surface area contributed by atoms with E-state index in [1.807, 2.05) is 6.07 Å². The summed E-state index contributed by atoms with van der Waals surface area (Å²) < 4.78 is 29.3. The van der Waals surface area contributed by atoms with Gasteiger partial charge in [-0.15, -0.1) is 10.2 Å². The van der Waals surface area contributed by atoms with Gasteiger partial charge in [0.05, 0.1) is 11.4 Å². The van der Waals surface area contributed by atoms with Gasteiger partial charge in [-0.2, -0.15) is 9.61 Å². The second-order valence-electron chi connectivity index (χ2n) is 5.90. The van der Waals surface area contributed by atoms with Crippen LogP contribution in [-0.2, 0) is 29.4 Å². The molecule has 7 nitrogen and oxygen atoms in total.